The maximum absolute atomic E-state index is 12.0. The second-order valence-electron chi connectivity index (χ2n) is 3.27. The SMILES string of the molecule is O=C(Nc1ncc(Br)nc1Br)c1ccccc1Cl. The summed E-state index contributed by atoms with van der Waals surface area (Å²) < 4.78 is 1.02. The molecule has 0 bridgehead atoms. The highest BCUT2D eigenvalue weighted by atomic mass is 79.9. The molecule has 2 aromatic rings. The fraction of sp³-hybridized carbons (Fsp3) is 0. The van der Waals surface area contributed by atoms with Crippen LogP contribution in [0, 0.1) is 0 Å². The third kappa shape index (κ3) is 3.07. The maximum Gasteiger partial charge on any atom is 0.258 e. The summed E-state index contributed by atoms with van der Waals surface area (Å²) in [6.07, 6.45) is 1.49. The lowest BCUT2D eigenvalue weighted by Gasteiger charge is -2.07. The number of aromatic nitrogens is 2. The van der Waals surface area contributed by atoms with Gasteiger partial charge in [0.05, 0.1) is 16.8 Å². The van der Waals surface area contributed by atoms with E-state index in [1.165, 1.54) is 6.20 Å². The summed E-state index contributed by atoms with van der Waals surface area (Å²) in [5.74, 6) is 0.000965. The fourth-order valence-electron chi connectivity index (χ4n) is 1.25. The van der Waals surface area contributed by atoms with Crippen LogP contribution in [-0.2, 0) is 0 Å². The highest BCUT2D eigenvalue weighted by Crippen LogP contribution is 2.21. The molecule has 18 heavy (non-hydrogen) atoms. The van der Waals surface area contributed by atoms with Gasteiger partial charge in [-0.2, -0.15) is 0 Å². The van der Waals surface area contributed by atoms with Crippen LogP contribution in [0.25, 0.3) is 0 Å². The van der Waals surface area contributed by atoms with Gasteiger partial charge in [-0.3, -0.25) is 4.79 Å². The Morgan fingerprint density at radius 3 is 2.67 bits per heavy atom. The molecule has 7 heteroatoms. The first-order valence-electron chi connectivity index (χ1n) is 4.82. The van der Waals surface area contributed by atoms with Crippen LogP contribution in [0.2, 0.25) is 5.02 Å². The molecule has 0 aliphatic heterocycles. The molecule has 92 valence electrons. The van der Waals surface area contributed by atoms with Crippen molar-refractivity contribution in [3.05, 3.63) is 50.3 Å². The Balaban J connectivity index is 2.24. The van der Waals surface area contributed by atoms with Crippen LogP contribution in [0.5, 0.6) is 0 Å². The molecule has 1 aromatic carbocycles. The number of anilines is 1. The van der Waals surface area contributed by atoms with Crippen molar-refractivity contribution in [2.75, 3.05) is 5.32 Å². The molecule has 0 spiro atoms. The van der Waals surface area contributed by atoms with E-state index in [0.29, 0.717) is 25.6 Å². The number of nitrogens with one attached hydrogen (secondary N) is 1. The predicted octanol–water partition coefficient (Wildman–Crippen LogP) is 3.91. The average Bonchev–Trinajstić information content (AvgIpc) is 2.33. The van der Waals surface area contributed by atoms with Crippen molar-refractivity contribution < 1.29 is 4.79 Å². The molecule has 0 aliphatic carbocycles. The predicted molar refractivity (Wildman–Crippen MR) is 76.8 cm³/mol. The molecule has 0 aliphatic rings. The first-order valence-corrected chi connectivity index (χ1v) is 6.78. The Morgan fingerprint density at radius 2 is 2.00 bits per heavy atom. The summed E-state index contributed by atoms with van der Waals surface area (Å²) >= 11 is 12.3. The first kappa shape index (κ1) is 13.5. The van der Waals surface area contributed by atoms with Crippen molar-refractivity contribution in [1.82, 2.24) is 9.97 Å². The van der Waals surface area contributed by atoms with Gasteiger partial charge in [0.1, 0.15) is 9.21 Å². The zero-order valence-electron chi connectivity index (χ0n) is 8.82. The molecule has 1 amide bonds. The van der Waals surface area contributed by atoms with E-state index in [2.05, 4.69) is 47.1 Å². The van der Waals surface area contributed by atoms with Gasteiger partial charge in [-0.15, -0.1) is 0 Å². The topological polar surface area (TPSA) is 54.9 Å². The minimum atomic E-state index is -0.335. The van der Waals surface area contributed by atoms with Crippen LogP contribution in [-0.4, -0.2) is 15.9 Å². The lowest BCUT2D eigenvalue weighted by molar-refractivity contribution is 0.102. The van der Waals surface area contributed by atoms with Gasteiger partial charge < -0.3 is 5.32 Å². The normalized spacial score (nSPS) is 10.2. The number of carbonyl (C=O) groups is 1. The van der Waals surface area contributed by atoms with Gasteiger partial charge in [0.15, 0.2) is 5.82 Å². The molecule has 2 rings (SSSR count). The molecule has 0 fully saturated rings. The quantitative estimate of drug-likeness (QED) is 0.845. The second kappa shape index (κ2) is 5.77. The highest BCUT2D eigenvalue weighted by Gasteiger charge is 2.12. The minimum absolute atomic E-state index is 0.335. The summed E-state index contributed by atoms with van der Waals surface area (Å²) in [6, 6.07) is 6.79. The Kier molecular flexibility index (Phi) is 4.31. The van der Waals surface area contributed by atoms with E-state index in [9.17, 15) is 4.79 Å². The van der Waals surface area contributed by atoms with Crippen LogP contribution in [0.3, 0.4) is 0 Å². The summed E-state index contributed by atoms with van der Waals surface area (Å²) in [6.45, 7) is 0. The van der Waals surface area contributed by atoms with Gasteiger partial charge in [0.2, 0.25) is 0 Å². The van der Waals surface area contributed by atoms with E-state index >= 15 is 0 Å². The van der Waals surface area contributed by atoms with E-state index in [-0.39, 0.29) is 5.91 Å². The maximum atomic E-state index is 12.0. The Morgan fingerprint density at radius 1 is 1.28 bits per heavy atom. The zero-order chi connectivity index (χ0) is 13.1. The van der Waals surface area contributed by atoms with E-state index in [1.807, 2.05) is 0 Å². The molecular formula is C11H6Br2ClN3O. The molecule has 4 nitrogen and oxygen atoms in total. The molecule has 0 saturated carbocycles. The van der Waals surface area contributed by atoms with Crippen LogP contribution < -0.4 is 5.32 Å². The van der Waals surface area contributed by atoms with Crippen LogP contribution in [0.1, 0.15) is 10.4 Å². The summed E-state index contributed by atoms with van der Waals surface area (Å²) in [7, 11) is 0. The van der Waals surface area contributed by atoms with E-state index in [1.54, 1.807) is 24.3 Å². The van der Waals surface area contributed by atoms with Crippen molar-refractivity contribution in [1.29, 1.82) is 0 Å². The lowest BCUT2D eigenvalue weighted by atomic mass is 10.2. The molecule has 0 radical (unpaired) electrons. The first-order chi connectivity index (χ1) is 8.58. The van der Waals surface area contributed by atoms with Crippen LogP contribution >= 0.6 is 43.5 Å². The standard InChI is InChI=1S/C11H6Br2ClN3O/c12-8-5-15-10(9(13)16-8)17-11(18)6-3-1-2-4-7(6)14/h1-5H,(H,15,17,18). The smallest absolute Gasteiger partial charge is 0.258 e. The number of rotatable bonds is 2. The molecule has 0 saturated heterocycles. The average molecular weight is 391 g/mol. The Bertz CT molecular complexity index is 607. The summed E-state index contributed by atoms with van der Waals surface area (Å²) in [5.41, 5.74) is 0.385. The molecule has 0 atom stereocenters. The van der Waals surface area contributed by atoms with Crippen LogP contribution in [0.15, 0.2) is 39.7 Å². The largest absolute Gasteiger partial charge is 0.304 e. The van der Waals surface area contributed by atoms with E-state index < -0.39 is 0 Å². The number of carbonyl (C=O) groups excluding carboxylic acids is 1. The molecule has 1 N–H and O–H groups in total. The van der Waals surface area contributed by atoms with Gasteiger partial charge in [0.25, 0.3) is 5.91 Å². The fourth-order valence-corrected chi connectivity index (χ4v) is 2.38. The van der Waals surface area contributed by atoms with Gasteiger partial charge in [-0.25, -0.2) is 9.97 Å². The zero-order valence-corrected chi connectivity index (χ0v) is 12.8. The van der Waals surface area contributed by atoms with E-state index in [4.69, 9.17) is 11.6 Å². The number of nitrogens with zero attached hydrogens (tertiary/aromatic N) is 2. The monoisotopic (exact) mass is 389 g/mol. The summed E-state index contributed by atoms with van der Waals surface area (Å²) in [4.78, 5) is 20.1. The van der Waals surface area contributed by atoms with Crippen molar-refractivity contribution in [3.8, 4) is 0 Å². The Hall–Kier alpha value is -0.980. The number of benzene rings is 1. The van der Waals surface area contributed by atoms with Crippen molar-refractivity contribution in [2.24, 2.45) is 0 Å². The second-order valence-corrected chi connectivity index (χ2v) is 5.24. The van der Waals surface area contributed by atoms with Crippen molar-refractivity contribution in [3.63, 3.8) is 0 Å². The highest BCUT2D eigenvalue weighted by molar-refractivity contribution is 9.11. The van der Waals surface area contributed by atoms with Gasteiger partial charge in [-0.05, 0) is 44.0 Å². The summed E-state index contributed by atoms with van der Waals surface area (Å²) in [5, 5.41) is 3.02. The molecule has 1 heterocycles. The van der Waals surface area contributed by atoms with E-state index in [0.717, 1.165) is 0 Å². The van der Waals surface area contributed by atoms with Crippen LogP contribution in [0.4, 0.5) is 5.82 Å². The van der Waals surface area contributed by atoms with Crippen molar-refractivity contribution in [2.45, 2.75) is 0 Å². The minimum Gasteiger partial charge on any atom is -0.304 e. The van der Waals surface area contributed by atoms with Gasteiger partial charge >= 0.3 is 0 Å². The molecular weight excluding hydrogens is 385 g/mol. The van der Waals surface area contributed by atoms with Gasteiger partial charge in [-0.1, -0.05) is 23.7 Å². The van der Waals surface area contributed by atoms with Crippen molar-refractivity contribution >= 4 is 55.2 Å². The number of hydrogen-bond acceptors (Lipinski definition) is 3. The molecule has 0 unspecified atom stereocenters. The number of hydrogen-bond donors (Lipinski definition) is 1. The number of amides is 1. The molecule has 1 aromatic heterocycles. The third-order valence-electron chi connectivity index (χ3n) is 2.05. The Labute approximate surface area is 125 Å². The third-order valence-corrected chi connectivity index (χ3v) is 3.32. The lowest BCUT2D eigenvalue weighted by Crippen LogP contribution is -2.14. The number of halogens is 3. The van der Waals surface area contributed by atoms with Gasteiger partial charge in [0, 0.05) is 0 Å².